The van der Waals surface area contributed by atoms with Gasteiger partial charge in [0.2, 0.25) is 0 Å². The Labute approximate surface area is 117 Å². The summed E-state index contributed by atoms with van der Waals surface area (Å²) in [6.07, 6.45) is 4.71. The zero-order chi connectivity index (χ0) is 14.1. The molecule has 1 aliphatic rings. The van der Waals surface area contributed by atoms with Crippen LogP contribution < -0.4 is 5.32 Å². The van der Waals surface area contributed by atoms with E-state index in [1.165, 1.54) is 25.0 Å². The Hall–Kier alpha value is -1.71. The van der Waals surface area contributed by atoms with Crippen LogP contribution in [0, 0.1) is 11.6 Å². The van der Waals surface area contributed by atoms with Crippen molar-refractivity contribution in [3.8, 4) is 0 Å². The second-order valence-electron chi connectivity index (χ2n) is 5.39. The van der Waals surface area contributed by atoms with Crippen molar-refractivity contribution in [2.24, 2.45) is 0 Å². The minimum absolute atomic E-state index is 0.449. The van der Waals surface area contributed by atoms with Crippen LogP contribution in [0.25, 0.3) is 10.9 Å². The number of nitrogens with zero attached hydrogens (tertiary/aromatic N) is 1. The molecule has 2 nitrogen and oxygen atoms in total. The van der Waals surface area contributed by atoms with Crippen LogP contribution >= 0.6 is 0 Å². The summed E-state index contributed by atoms with van der Waals surface area (Å²) in [5.74, 6) is -1.21. The predicted octanol–water partition coefficient (Wildman–Crippen LogP) is 4.60. The van der Waals surface area contributed by atoms with Gasteiger partial charge in [0.1, 0.15) is 0 Å². The summed E-state index contributed by atoms with van der Waals surface area (Å²) in [6.45, 7) is 2.73. The van der Waals surface area contributed by atoms with Crippen LogP contribution in [0.4, 0.5) is 14.5 Å². The molecule has 2 aromatic rings. The van der Waals surface area contributed by atoms with Gasteiger partial charge in [-0.25, -0.2) is 8.78 Å². The Morgan fingerprint density at radius 2 is 1.85 bits per heavy atom. The molecule has 0 radical (unpaired) electrons. The molecule has 0 spiro atoms. The highest BCUT2D eigenvalue weighted by Gasteiger charge is 2.20. The molecule has 1 saturated carbocycles. The fourth-order valence-corrected chi connectivity index (χ4v) is 3.01. The summed E-state index contributed by atoms with van der Waals surface area (Å²) in [7, 11) is 0. The van der Waals surface area contributed by atoms with E-state index in [2.05, 4.69) is 10.3 Å². The molecule has 1 aromatic heterocycles. The maximum atomic E-state index is 13.4. The second kappa shape index (κ2) is 5.35. The van der Waals surface area contributed by atoms with E-state index in [1.54, 1.807) is 0 Å². The van der Waals surface area contributed by atoms with Gasteiger partial charge in [-0.1, -0.05) is 12.8 Å². The summed E-state index contributed by atoms with van der Waals surface area (Å²) in [6, 6.07) is 4.43. The average Bonchev–Trinajstić information content (AvgIpc) is 2.95. The highest BCUT2D eigenvalue weighted by atomic mass is 19.2. The largest absolute Gasteiger partial charge is 0.385 e. The van der Waals surface area contributed by atoms with Gasteiger partial charge in [-0.2, -0.15) is 0 Å². The number of rotatable bonds is 3. The van der Waals surface area contributed by atoms with Gasteiger partial charge in [-0.3, -0.25) is 4.98 Å². The first-order chi connectivity index (χ1) is 9.69. The highest BCUT2D eigenvalue weighted by molar-refractivity contribution is 5.91. The van der Waals surface area contributed by atoms with Crippen molar-refractivity contribution < 1.29 is 8.78 Å². The summed E-state index contributed by atoms with van der Waals surface area (Å²) in [5.41, 5.74) is 2.37. The van der Waals surface area contributed by atoms with Crippen LogP contribution in [0.3, 0.4) is 0 Å². The normalized spacial score (nSPS) is 15.9. The van der Waals surface area contributed by atoms with Crippen molar-refractivity contribution in [1.29, 1.82) is 0 Å². The van der Waals surface area contributed by atoms with E-state index in [9.17, 15) is 8.78 Å². The van der Waals surface area contributed by atoms with E-state index in [0.29, 0.717) is 16.8 Å². The standard InChI is InChI=1S/C16H18F2N2/c1-2-19-15-9-14(10-5-3-4-6-10)20-16-8-13(18)12(17)7-11(15)16/h7-10H,2-6H2,1H3,(H,19,20). The highest BCUT2D eigenvalue weighted by Crippen LogP contribution is 2.36. The molecular weight excluding hydrogens is 258 g/mol. The van der Waals surface area contributed by atoms with E-state index in [1.807, 2.05) is 13.0 Å². The lowest BCUT2D eigenvalue weighted by Gasteiger charge is -2.14. The maximum absolute atomic E-state index is 13.4. The maximum Gasteiger partial charge on any atom is 0.161 e. The lowest BCUT2D eigenvalue weighted by Crippen LogP contribution is -2.03. The van der Waals surface area contributed by atoms with E-state index in [-0.39, 0.29) is 0 Å². The molecule has 106 valence electrons. The number of halogens is 2. The Kier molecular flexibility index (Phi) is 3.55. The number of fused-ring (bicyclic) bond motifs is 1. The summed E-state index contributed by atoms with van der Waals surface area (Å²) < 4.78 is 26.9. The minimum atomic E-state index is -0.837. The SMILES string of the molecule is CCNc1cc(C2CCCC2)nc2cc(F)c(F)cc12. The van der Waals surface area contributed by atoms with Crippen molar-refractivity contribution in [3.05, 3.63) is 35.5 Å². The molecule has 0 amide bonds. The van der Waals surface area contributed by atoms with E-state index >= 15 is 0 Å². The van der Waals surface area contributed by atoms with Gasteiger partial charge in [0.15, 0.2) is 11.6 Å². The fourth-order valence-electron chi connectivity index (χ4n) is 3.01. The van der Waals surface area contributed by atoms with E-state index in [4.69, 9.17) is 0 Å². The smallest absolute Gasteiger partial charge is 0.161 e. The van der Waals surface area contributed by atoms with Crippen LogP contribution in [0.2, 0.25) is 0 Å². The van der Waals surface area contributed by atoms with Crippen molar-refractivity contribution in [2.75, 3.05) is 11.9 Å². The predicted molar refractivity (Wildman–Crippen MR) is 77.0 cm³/mol. The van der Waals surface area contributed by atoms with Crippen molar-refractivity contribution in [2.45, 2.75) is 38.5 Å². The summed E-state index contributed by atoms with van der Waals surface area (Å²) in [4.78, 5) is 4.56. The van der Waals surface area contributed by atoms with Gasteiger partial charge in [0.05, 0.1) is 5.52 Å². The molecule has 1 aliphatic carbocycles. The third kappa shape index (κ3) is 2.35. The first kappa shape index (κ1) is 13.3. The lowest BCUT2D eigenvalue weighted by molar-refractivity contribution is 0.510. The molecule has 1 heterocycles. The molecule has 0 unspecified atom stereocenters. The van der Waals surface area contributed by atoms with E-state index in [0.717, 1.165) is 30.8 Å². The molecule has 0 bridgehead atoms. The van der Waals surface area contributed by atoms with Gasteiger partial charge in [0, 0.05) is 35.3 Å². The third-order valence-corrected chi connectivity index (χ3v) is 4.01. The van der Waals surface area contributed by atoms with Crippen LogP contribution in [0.15, 0.2) is 18.2 Å². The fraction of sp³-hybridized carbons (Fsp3) is 0.438. The number of pyridine rings is 1. The Morgan fingerprint density at radius 3 is 2.55 bits per heavy atom. The molecule has 1 fully saturated rings. The Morgan fingerprint density at radius 1 is 1.15 bits per heavy atom. The molecule has 1 N–H and O–H groups in total. The van der Waals surface area contributed by atoms with Crippen LogP contribution in [-0.2, 0) is 0 Å². The number of anilines is 1. The van der Waals surface area contributed by atoms with Crippen molar-refractivity contribution >= 4 is 16.6 Å². The van der Waals surface area contributed by atoms with Gasteiger partial charge in [-0.05, 0) is 31.9 Å². The van der Waals surface area contributed by atoms with Gasteiger partial charge < -0.3 is 5.32 Å². The number of nitrogens with one attached hydrogen (secondary N) is 1. The molecular formula is C16H18F2N2. The summed E-state index contributed by atoms with van der Waals surface area (Å²) >= 11 is 0. The zero-order valence-electron chi connectivity index (χ0n) is 11.5. The summed E-state index contributed by atoms with van der Waals surface area (Å²) in [5, 5.41) is 3.88. The average molecular weight is 276 g/mol. The van der Waals surface area contributed by atoms with Gasteiger partial charge >= 0.3 is 0 Å². The number of aromatic nitrogens is 1. The number of hydrogen-bond donors (Lipinski definition) is 1. The van der Waals surface area contributed by atoms with Crippen LogP contribution in [-0.4, -0.2) is 11.5 Å². The monoisotopic (exact) mass is 276 g/mol. The molecule has 0 aliphatic heterocycles. The zero-order valence-corrected chi connectivity index (χ0v) is 11.5. The van der Waals surface area contributed by atoms with Crippen molar-refractivity contribution in [3.63, 3.8) is 0 Å². The molecule has 1 aromatic carbocycles. The van der Waals surface area contributed by atoms with Gasteiger partial charge in [-0.15, -0.1) is 0 Å². The Bertz CT molecular complexity index is 634. The topological polar surface area (TPSA) is 24.9 Å². The number of hydrogen-bond acceptors (Lipinski definition) is 2. The number of benzene rings is 1. The van der Waals surface area contributed by atoms with Gasteiger partial charge in [0.25, 0.3) is 0 Å². The molecule has 20 heavy (non-hydrogen) atoms. The molecule has 0 atom stereocenters. The minimum Gasteiger partial charge on any atom is -0.385 e. The first-order valence-electron chi connectivity index (χ1n) is 7.22. The second-order valence-corrected chi connectivity index (χ2v) is 5.39. The molecule has 4 heteroatoms. The molecule has 0 saturated heterocycles. The third-order valence-electron chi connectivity index (χ3n) is 4.01. The Balaban J connectivity index is 2.16. The van der Waals surface area contributed by atoms with Crippen LogP contribution in [0.1, 0.15) is 44.2 Å². The first-order valence-corrected chi connectivity index (χ1v) is 7.22. The van der Waals surface area contributed by atoms with Crippen molar-refractivity contribution in [1.82, 2.24) is 4.98 Å². The molecule has 3 rings (SSSR count). The quantitative estimate of drug-likeness (QED) is 0.886. The lowest BCUT2D eigenvalue weighted by atomic mass is 10.0. The van der Waals surface area contributed by atoms with E-state index < -0.39 is 11.6 Å². The van der Waals surface area contributed by atoms with Crippen LogP contribution in [0.5, 0.6) is 0 Å².